The Hall–Kier alpha value is -0.160. The molecule has 0 heterocycles. The van der Waals surface area contributed by atoms with Gasteiger partial charge in [-0.3, -0.25) is 0 Å². The molecule has 1 atom stereocenters. The van der Waals surface area contributed by atoms with Crippen molar-refractivity contribution >= 4 is 0 Å². The smallest absolute Gasteiger partial charge is 0.154 e. The van der Waals surface area contributed by atoms with E-state index in [0.717, 1.165) is 5.06 Å². The van der Waals surface area contributed by atoms with E-state index in [4.69, 9.17) is 5.21 Å². The molecule has 0 aromatic rings. The molecule has 4 nitrogen and oxygen atoms in total. The standard InChI is InChI=1S/C3H10N2O2/c1-4(6)3-5(2)7/h4,7H,3H2,1-2H3. The first-order valence-electron chi connectivity index (χ1n) is 2.02. The average molecular weight is 106 g/mol. The summed E-state index contributed by atoms with van der Waals surface area (Å²) in [7, 11) is 2.86. The van der Waals surface area contributed by atoms with E-state index >= 15 is 0 Å². The van der Waals surface area contributed by atoms with Crippen LogP contribution in [0.3, 0.4) is 0 Å². The lowest BCUT2D eigenvalue weighted by Crippen LogP contribution is -3.05. The van der Waals surface area contributed by atoms with Crippen molar-refractivity contribution < 1.29 is 10.3 Å². The van der Waals surface area contributed by atoms with Gasteiger partial charge in [0.2, 0.25) is 0 Å². The molecular formula is C3H10N2O2. The van der Waals surface area contributed by atoms with Crippen LogP contribution in [0.25, 0.3) is 0 Å². The quantitative estimate of drug-likeness (QED) is 0.325. The van der Waals surface area contributed by atoms with Gasteiger partial charge >= 0.3 is 0 Å². The topological polar surface area (TPSA) is 51.0 Å². The van der Waals surface area contributed by atoms with E-state index < -0.39 is 0 Å². The van der Waals surface area contributed by atoms with Crippen LogP contribution in [0.15, 0.2) is 0 Å². The minimum Gasteiger partial charge on any atom is -0.633 e. The van der Waals surface area contributed by atoms with Crippen molar-refractivity contribution in [3.05, 3.63) is 5.21 Å². The van der Waals surface area contributed by atoms with Crippen molar-refractivity contribution in [2.75, 3.05) is 20.8 Å². The maximum atomic E-state index is 10.1. The van der Waals surface area contributed by atoms with E-state index in [0.29, 0.717) is 0 Å². The number of hydrogen-bond donors (Lipinski definition) is 2. The second kappa shape index (κ2) is 2.92. The minimum absolute atomic E-state index is 0.0370. The lowest BCUT2D eigenvalue weighted by atomic mass is 11.0. The zero-order valence-electron chi connectivity index (χ0n) is 4.51. The molecule has 1 unspecified atom stereocenters. The fourth-order valence-electron chi connectivity index (χ4n) is 0.322. The van der Waals surface area contributed by atoms with Crippen LogP contribution in [-0.2, 0) is 0 Å². The Balaban J connectivity index is 2.95. The molecule has 0 aromatic heterocycles. The Morgan fingerprint density at radius 3 is 2.29 bits per heavy atom. The summed E-state index contributed by atoms with van der Waals surface area (Å²) in [6, 6.07) is 0. The highest BCUT2D eigenvalue weighted by Gasteiger charge is 1.89. The van der Waals surface area contributed by atoms with Gasteiger partial charge in [-0.2, -0.15) is 0 Å². The van der Waals surface area contributed by atoms with Gasteiger partial charge in [-0.15, -0.1) is 5.06 Å². The van der Waals surface area contributed by atoms with Gasteiger partial charge in [0, 0.05) is 7.05 Å². The predicted molar refractivity (Wildman–Crippen MR) is 24.7 cm³/mol. The van der Waals surface area contributed by atoms with E-state index in [1.165, 1.54) is 14.1 Å². The van der Waals surface area contributed by atoms with E-state index in [1.807, 2.05) is 0 Å². The summed E-state index contributed by atoms with van der Waals surface area (Å²) in [5, 5.41) is 19.2. The monoisotopic (exact) mass is 106 g/mol. The zero-order valence-corrected chi connectivity index (χ0v) is 4.51. The molecule has 2 N–H and O–H groups in total. The lowest BCUT2D eigenvalue weighted by Gasteiger charge is -2.18. The summed E-state index contributed by atoms with van der Waals surface area (Å²) >= 11 is 0. The highest BCUT2D eigenvalue weighted by atomic mass is 16.5. The molecule has 0 bridgehead atoms. The Labute approximate surface area is 42.5 Å². The third-order valence-corrected chi connectivity index (χ3v) is 0.451. The summed E-state index contributed by atoms with van der Waals surface area (Å²) < 4.78 is 0. The molecule has 0 radical (unpaired) electrons. The minimum atomic E-state index is -0.0370. The summed E-state index contributed by atoms with van der Waals surface area (Å²) in [5.74, 6) is 0. The summed E-state index contributed by atoms with van der Waals surface area (Å²) in [4.78, 5) is 0. The normalized spacial score (nSPS) is 15.0. The van der Waals surface area contributed by atoms with Crippen LogP contribution in [0.1, 0.15) is 0 Å². The van der Waals surface area contributed by atoms with E-state index in [-0.39, 0.29) is 11.7 Å². The van der Waals surface area contributed by atoms with Gasteiger partial charge in [-0.1, -0.05) is 0 Å². The van der Waals surface area contributed by atoms with Gasteiger partial charge in [0.1, 0.15) is 0 Å². The zero-order chi connectivity index (χ0) is 5.86. The molecular weight excluding hydrogens is 96.0 g/mol. The molecule has 0 saturated heterocycles. The SMILES string of the molecule is CN(O)C[NH+](C)[O-]. The Bertz CT molecular complexity index is 40.2. The molecule has 7 heavy (non-hydrogen) atoms. The molecule has 0 aliphatic heterocycles. The van der Waals surface area contributed by atoms with Crippen molar-refractivity contribution in [3.8, 4) is 0 Å². The molecule has 0 fully saturated rings. The number of nitrogens with one attached hydrogen (secondary N) is 1. The molecule has 0 saturated carbocycles. The van der Waals surface area contributed by atoms with E-state index in [1.54, 1.807) is 0 Å². The van der Waals surface area contributed by atoms with Gasteiger partial charge in [0.15, 0.2) is 6.67 Å². The van der Waals surface area contributed by atoms with Crippen LogP contribution in [0, 0.1) is 5.21 Å². The fraction of sp³-hybridized carbons (Fsp3) is 1.00. The molecule has 0 spiro atoms. The largest absolute Gasteiger partial charge is 0.633 e. The van der Waals surface area contributed by atoms with Crippen LogP contribution in [0.2, 0.25) is 0 Å². The van der Waals surface area contributed by atoms with Crippen molar-refractivity contribution in [3.63, 3.8) is 0 Å². The van der Waals surface area contributed by atoms with Crippen molar-refractivity contribution in [1.29, 1.82) is 0 Å². The molecule has 0 amide bonds. The summed E-state index contributed by atoms with van der Waals surface area (Å²) in [6.07, 6.45) is 0. The van der Waals surface area contributed by atoms with Crippen LogP contribution in [-0.4, -0.2) is 31.0 Å². The van der Waals surface area contributed by atoms with E-state index in [2.05, 4.69) is 0 Å². The van der Waals surface area contributed by atoms with Gasteiger partial charge in [-0.25, -0.2) is 0 Å². The number of nitrogens with zero attached hydrogens (tertiary/aromatic N) is 1. The van der Waals surface area contributed by atoms with Crippen molar-refractivity contribution in [1.82, 2.24) is 5.06 Å². The first-order valence-corrected chi connectivity index (χ1v) is 2.02. The second-order valence-corrected chi connectivity index (χ2v) is 1.52. The average Bonchev–Trinajstić information content (AvgIpc) is 1.27. The van der Waals surface area contributed by atoms with Crippen LogP contribution in [0.4, 0.5) is 0 Å². The number of rotatable bonds is 2. The highest BCUT2D eigenvalue weighted by Crippen LogP contribution is 1.56. The predicted octanol–water partition coefficient (Wildman–Crippen LogP) is -1.72. The van der Waals surface area contributed by atoms with Crippen LogP contribution >= 0.6 is 0 Å². The van der Waals surface area contributed by atoms with E-state index in [9.17, 15) is 5.21 Å². The van der Waals surface area contributed by atoms with Crippen molar-refractivity contribution in [2.45, 2.75) is 0 Å². The molecule has 0 aromatic carbocycles. The Morgan fingerprint density at radius 2 is 2.29 bits per heavy atom. The Kier molecular flexibility index (Phi) is 2.86. The lowest BCUT2D eigenvalue weighted by molar-refractivity contribution is -0.844. The fourth-order valence-corrected chi connectivity index (χ4v) is 0.322. The van der Waals surface area contributed by atoms with Crippen molar-refractivity contribution in [2.24, 2.45) is 0 Å². The molecule has 0 aliphatic carbocycles. The number of quaternary nitrogens is 1. The molecule has 0 rings (SSSR count). The van der Waals surface area contributed by atoms with Gasteiger partial charge in [0.25, 0.3) is 0 Å². The third kappa shape index (κ3) is 5.84. The maximum absolute atomic E-state index is 10.1. The molecule has 4 heteroatoms. The second-order valence-electron chi connectivity index (χ2n) is 1.52. The summed E-state index contributed by atoms with van der Waals surface area (Å²) in [5.41, 5.74) is 0. The number of hydroxylamine groups is 4. The van der Waals surface area contributed by atoms with Gasteiger partial charge in [0.05, 0.1) is 7.05 Å². The maximum Gasteiger partial charge on any atom is 0.154 e. The first-order chi connectivity index (χ1) is 3.13. The Morgan fingerprint density at radius 1 is 1.86 bits per heavy atom. The highest BCUT2D eigenvalue weighted by molar-refractivity contribution is 4.10. The van der Waals surface area contributed by atoms with Gasteiger partial charge < -0.3 is 15.5 Å². The van der Waals surface area contributed by atoms with Gasteiger partial charge in [-0.05, 0) is 0 Å². The number of hydrogen-bond acceptors (Lipinski definition) is 3. The molecule has 0 aliphatic rings. The van der Waals surface area contributed by atoms with Crippen LogP contribution in [0.5, 0.6) is 0 Å². The van der Waals surface area contributed by atoms with Crippen LogP contribution < -0.4 is 5.06 Å². The first kappa shape index (κ1) is 6.84. The third-order valence-electron chi connectivity index (χ3n) is 0.451. The molecule has 44 valence electrons. The summed E-state index contributed by atoms with van der Waals surface area (Å²) in [6.45, 7) is 0.111.